The quantitative estimate of drug-likeness (QED) is 0.905. The molecule has 0 spiro atoms. The smallest absolute Gasteiger partial charge is 0.283 e. The summed E-state index contributed by atoms with van der Waals surface area (Å²) in [7, 11) is 0. The van der Waals surface area contributed by atoms with Crippen LogP contribution >= 0.6 is 15.9 Å². The number of anilines is 1. The average molecular weight is 341 g/mol. The van der Waals surface area contributed by atoms with Gasteiger partial charge in [0.2, 0.25) is 5.89 Å². The van der Waals surface area contributed by atoms with Crippen LogP contribution in [0.5, 0.6) is 0 Å². The van der Waals surface area contributed by atoms with Gasteiger partial charge in [0, 0.05) is 6.54 Å². The molecule has 0 aliphatic rings. The van der Waals surface area contributed by atoms with Gasteiger partial charge in [-0.05, 0) is 36.2 Å². The van der Waals surface area contributed by atoms with Crippen LogP contribution in [0.15, 0.2) is 26.1 Å². The zero-order valence-electron chi connectivity index (χ0n) is 11.7. The predicted molar refractivity (Wildman–Crippen MR) is 79.8 cm³/mol. The highest BCUT2D eigenvalue weighted by atomic mass is 79.9. The Morgan fingerprint density at radius 3 is 2.85 bits per heavy atom. The highest BCUT2D eigenvalue weighted by molar-refractivity contribution is 9.10. The second kappa shape index (κ2) is 6.21. The number of rotatable bonds is 5. The summed E-state index contributed by atoms with van der Waals surface area (Å²) >= 11 is 3.32. The third kappa shape index (κ3) is 3.09. The Kier molecular flexibility index (Phi) is 4.59. The first kappa shape index (κ1) is 14.8. The van der Waals surface area contributed by atoms with Crippen molar-refractivity contribution in [2.45, 2.75) is 39.8 Å². The van der Waals surface area contributed by atoms with Gasteiger partial charge in [-0.25, -0.2) is 9.67 Å². The van der Waals surface area contributed by atoms with Crippen molar-refractivity contribution >= 4 is 21.6 Å². The van der Waals surface area contributed by atoms with Crippen molar-refractivity contribution in [2.24, 2.45) is 0 Å². The largest absolute Gasteiger partial charge is 0.444 e. The number of hydrogen-bond donors (Lipinski definition) is 1. The molecule has 0 aromatic carbocycles. The molecule has 0 fully saturated rings. The lowest BCUT2D eigenvalue weighted by molar-refractivity contribution is 0.453. The molecule has 0 amide bonds. The molecule has 7 heteroatoms. The molecular weight excluding hydrogens is 324 g/mol. The summed E-state index contributed by atoms with van der Waals surface area (Å²) in [5, 5.41) is 7.31. The van der Waals surface area contributed by atoms with Crippen LogP contribution in [0.3, 0.4) is 0 Å². The first-order chi connectivity index (χ1) is 9.52. The van der Waals surface area contributed by atoms with Crippen molar-refractivity contribution in [3.63, 3.8) is 0 Å². The number of halogens is 1. The molecule has 2 heterocycles. The molecule has 0 saturated heterocycles. The van der Waals surface area contributed by atoms with E-state index >= 15 is 0 Å². The molecule has 0 bridgehead atoms. The number of nitrogens with zero attached hydrogens (tertiary/aromatic N) is 3. The maximum atomic E-state index is 12.1. The van der Waals surface area contributed by atoms with Crippen molar-refractivity contribution in [3.8, 4) is 0 Å². The monoisotopic (exact) mass is 340 g/mol. The SMILES string of the molecule is CCCn1ncc(NC(C)c2ncc(C)o2)c(Br)c1=O. The maximum Gasteiger partial charge on any atom is 0.283 e. The Morgan fingerprint density at radius 1 is 1.50 bits per heavy atom. The Hall–Kier alpha value is -1.63. The molecule has 1 atom stereocenters. The van der Waals surface area contributed by atoms with Crippen molar-refractivity contribution < 1.29 is 4.42 Å². The lowest BCUT2D eigenvalue weighted by atomic mass is 10.3. The van der Waals surface area contributed by atoms with Gasteiger partial charge >= 0.3 is 0 Å². The summed E-state index contributed by atoms with van der Waals surface area (Å²) in [6.45, 7) is 6.36. The van der Waals surface area contributed by atoms with E-state index in [1.165, 1.54) is 4.68 Å². The first-order valence-electron chi connectivity index (χ1n) is 6.47. The Morgan fingerprint density at radius 2 is 2.25 bits per heavy atom. The summed E-state index contributed by atoms with van der Waals surface area (Å²) in [6, 6.07) is -0.150. The summed E-state index contributed by atoms with van der Waals surface area (Å²) in [5.41, 5.74) is 0.485. The van der Waals surface area contributed by atoms with Gasteiger partial charge in [0.05, 0.1) is 18.1 Å². The minimum atomic E-state index is -0.150. The van der Waals surface area contributed by atoms with Gasteiger partial charge in [-0.2, -0.15) is 5.10 Å². The molecule has 108 valence electrons. The number of aryl methyl sites for hydroxylation is 2. The van der Waals surface area contributed by atoms with Crippen molar-refractivity contribution in [2.75, 3.05) is 5.32 Å². The van der Waals surface area contributed by atoms with Crippen LogP contribution in [0.2, 0.25) is 0 Å². The van der Waals surface area contributed by atoms with Crippen LogP contribution in [0.4, 0.5) is 5.69 Å². The van der Waals surface area contributed by atoms with Gasteiger partial charge in [-0.1, -0.05) is 6.92 Å². The molecule has 2 aromatic heterocycles. The molecule has 0 radical (unpaired) electrons. The minimum Gasteiger partial charge on any atom is -0.444 e. The lowest BCUT2D eigenvalue weighted by Crippen LogP contribution is -2.24. The van der Waals surface area contributed by atoms with Crippen LogP contribution in [0, 0.1) is 6.92 Å². The van der Waals surface area contributed by atoms with Crippen molar-refractivity contribution in [1.29, 1.82) is 0 Å². The molecule has 6 nitrogen and oxygen atoms in total. The standard InChI is InChI=1S/C13H17BrN4O2/c1-4-5-18-13(19)11(14)10(7-16-18)17-9(3)12-15-6-8(2)20-12/h6-7,9,17H,4-5H2,1-3H3. The zero-order valence-corrected chi connectivity index (χ0v) is 13.3. The fourth-order valence-electron chi connectivity index (χ4n) is 1.80. The van der Waals surface area contributed by atoms with Crippen molar-refractivity contribution in [3.05, 3.63) is 38.9 Å². The third-order valence-corrected chi connectivity index (χ3v) is 3.57. The van der Waals surface area contributed by atoms with Crippen molar-refractivity contribution in [1.82, 2.24) is 14.8 Å². The Balaban J connectivity index is 2.22. The highest BCUT2D eigenvalue weighted by Crippen LogP contribution is 2.22. The topological polar surface area (TPSA) is 73.0 Å². The van der Waals surface area contributed by atoms with Crippen LogP contribution in [-0.4, -0.2) is 14.8 Å². The van der Waals surface area contributed by atoms with Gasteiger partial charge in [-0.3, -0.25) is 4.79 Å². The van der Waals surface area contributed by atoms with E-state index in [9.17, 15) is 4.79 Å². The molecule has 1 unspecified atom stereocenters. The second-order valence-electron chi connectivity index (χ2n) is 4.58. The van der Waals surface area contributed by atoms with E-state index in [0.717, 1.165) is 12.2 Å². The summed E-state index contributed by atoms with van der Waals surface area (Å²) < 4.78 is 7.37. The first-order valence-corrected chi connectivity index (χ1v) is 7.26. The van der Waals surface area contributed by atoms with Gasteiger partial charge in [-0.15, -0.1) is 0 Å². The number of oxazole rings is 1. The van der Waals surface area contributed by atoms with Gasteiger partial charge in [0.15, 0.2) is 0 Å². The van der Waals surface area contributed by atoms with Gasteiger partial charge in [0.25, 0.3) is 5.56 Å². The normalized spacial score (nSPS) is 12.4. The molecule has 1 N–H and O–H groups in total. The summed E-state index contributed by atoms with van der Waals surface area (Å²) in [4.78, 5) is 16.2. The number of hydrogen-bond acceptors (Lipinski definition) is 5. The van der Waals surface area contributed by atoms with Crippen LogP contribution < -0.4 is 10.9 Å². The highest BCUT2D eigenvalue weighted by Gasteiger charge is 2.15. The minimum absolute atomic E-state index is 0.146. The zero-order chi connectivity index (χ0) is 14.7. The Labute approximate surface area is 125 Å². The van der Waals surface area contributed by atoms with E-state index in [1.54, 1.807) is 12.4 Å². The molecule has 0 aliphatic heterocycles. The lowest BCUT2D eigenvalue weighted by Gasteiger charge is -2.13. The van der Waals surface area contributed by atoms with E-state index < -0.39 is 0 Å². The van der Waals surface area contributed by atoms with Crippen LogP contribution in [0.25, 0.3) is 0 Å². The van der Waals surface area contributed by atoms with E-state index in [2.05, 4.69) is 31.3 Å². The van der Waals surface area contributed by atoms with Crippen LogP contribution in [-0.2, 0) is 6.54 Å². The van der Waals surface area contributed by atoms with Gasteiger partial charge in [0.1, 0.15) is 16.3 Å². The third-order valence-electron chi connectivity index (χ3n) is 2.80. The molecule has 2 aromatic rings. The number of aromatic nitrogens is 3. The van der Waals surface area contributed by atoms with E-state index in [0.29, 0.717) is 22.6 Å². The average Bonchev–Trinajstić information content (AvgIpc) is 2.85. The molecule has 2 rings (SSSR count). The molecule has 0 saturated carbocycles. The molecule has 20 heavy (non-hydrogen) atoms. The second-order valence-corrected chi connectivity index (χ2v) is 5.37. The number of nitrogens with one attached hydrogen (secondary N) is 1. The Bertz CT molecular complexity index is 650. The predicted octanol–water partition coefficient (Wildman–Crippen LogP) is 2.89. The summed E-state index contributed by atoms with van der Waals surface area (Å²) in [6.07, 6.45) is 4.16. The van der Waals surface area contributed by atoms with E-state index in [4.69, 9.17) is 4.42 Å². The van der Waals surface area contributed by atoms with Crippen LogP contribution in [0.1, 0.15) is 38.0 Å². The van der Waals surface area contributed by atoms with E-state index in [-0.39, 0.29) is 11.6 Å². The summed E-state index contributed by atoms with van der Waals surface area (Å²) in [5.74, 6) is 1.33. The fraction of sp³-hybridized carbons (Fsp3) is 0.462. The fourth-order valence-corrected chi connectivity index (χ4v) is 2.23. The van der Waals surface area contributed by atoms with Gasteiger partial charge < -0.3 is 9.73 Å². The molecule has 0 aliphatic carbocycles. The van der Waals surface area contributed by atoms with E-state index in [1.807, 2.05) is 20.8 Å². The molecular formula is C13H17BrN4O2. The maximum absolute atomic E-state index is 12.1.